The first-order valence-electron chi connectivity index (χ1n) is 6.44. The average Bonchev–Trinajstić information content (AvgIpc) is 2.41. The zero-order chi connectivity index (χ0) is 17.3. The minimum atomic E-state index is -3.92. The Kier molecular flexibility index (Phi) is 5.77. The predicted molar refractivity (Wildman–Crippen MR) is 88.2 cm³/mol. The van der Waals surface area contributed by atoms with E-state index >= 15 is 0 Å². The molecule has 0 aliphatic carbocycles. The molecule has 0 radical (unpaired) electrons. The summed E-state index contributed by atoms with van der Waals surface area (Å²) in [7, 11) is -3.92. The van der Waals surface area contributed by atoms with Crippen LogP contribution in [0.15, 0.2) is 17.1 Å². The van der Waals surface area contributed by atoms with Crippen molar-refractivity contribution in [2.24, 2.45) is 0 Å². The van der Waals surface area contributed by atoms with Crippen LogP contribution in [0, 0.1) is 9.39 Å². The Bertz CT molecular complexity index is 745. The minimum absolute atomic E-state index is 0.151. The van der Waals surface area contributed by atoms with Gasteiger partial charge >= 0.3 is 5.97 Å². The Morgan fingerprint density at radius 2 is 2.09 bits per heavy atom. The molecule has 22 heavy (non-hydrogen) atoms. The maximum Gasteiger partial charge on any atom is 0.324 e. The number of halogens is 2. The van der Waals surface area contributed by atoms with Crippen molar-refractivity contribution in [3.63, 3.8) is 0 Å². The number of sulfone groups is 1. The molecule has 1 aromatic rings. The first-order valence-corrected chi connectivity index (χ1v) is 9.41. The molecule has 6 nitrogen and oxygen atoms in total. The summed E-state index contributed by atoms with van der Waals surface area (Å²) in [6.45, 7) is 2.78. The molecule has 0 aliphatic heterocycles. The number of hydrogen-bond donors (Lipinski definition) is 1. The highest BCUT2D eigenvalue weighted by Gasteiger charge is 2.45. The molecule has 1 unspecified atom stereocenters. The number of pyridine rings is 1. The number of rotatable bonds is 6. The van der Waals surface area contributed by atoms with E-state index in [-0.39, 0.29) is 9.99 Å². The smallest absolute Gasteiger partial charge is 0.324 e. The summed E-state index contributed by atoms with van der Waals surface area (Å²) in [5.74, 6) is -2.43. The van der Waals surface area contributed by atoms with Crippen molar-refractivity contribution in [1.29, 1.82) is 0 Å². The van der Waals surface area contributed by atoms with Crippen LogP contribution in [0.25, 0.3) is 0 Å². The molecule has 124 valence electrons. The van der Waals surface area contributed by atoms with Crippen LogP contribution in [0.4, 0.5) is 4.39 Å². The van der Waals surface area contributed by atoms with Gasteiger partial charge in [-0.25, -0.2) is 8.42 Å². The monoisotopic (exact) mass is 445 g/mol. The number of hydrogen-bond acceptors (Lipinski definition) is 4. The topological polar surface area (TPSA) is 93.4 Å². The predicted octanol–water partition coefficient (Wildman–Crippen LogP) is 1.82. The van der Waals surface area contributed by atoms with Gasteiger partial charge in [-0.15, -0.1) is 0 Å². The van der Waals surface area contributed by atoms with E-state index in [4.69, 9.17) is 0 Å². The van der Waals surface area contributed by atoms with Crippen molar-refractivity contribution in [1.82, 2.24) is 4.57 Å². The zero-order valence-electron chi connectivity index (χ0n) is 12.3. The summed E-state index contributed by atoms with van der Waals surface area (Å²) in [6.07, 6.45) is 2.16. The number of aromatic nitrogens is 1. The van der Waals surface area contributed by atoms with Crippen molar-refractivity contribution in [2.75, 3.05) is 6.26 Å². The molecule has 2 atom stereocenters. The van der Waals surface area contributed by atoms with E-state index in [1.165, 1.54) is 12.3 Å². The van der Waals surface area contributed by atoms with Crippen LogP contribution in [0.5, 0.6) is 0 Å². The lowest BCUT2D eigenvalue weighted by atomic mass is 9.98. The van der Waals surface area contributed by atoms with Gasteiger partial charge in [-0.05, 0) is 48.4 Å². The van der Waals surface area contributed by atoms with Gasteiger partial charge < -0.3 is 9.67 Å². The van der Waals surface area contributed by atoms with Crippen molar-refractivity contribution in [3.8, 4) is 0 Å². The maximum atomic E-state index is 13.7. The highest BCUT2D eigenvalue weighted by atomic mass is 127. The number of carbonyl (C=O) groups is 1. The van der Waals surface area contributed by atoms with Crippen LogP contribution in [-0.4, -0.2) is 35.1 Å². The molecule has 1 aromatic heterocycles. The Balaban J connectivity index is 3.38. The van der Waals surface area contributed by atoms with E-state index in [1.807, 2.05) is 0 Å². The quantitative estimate of drug-likeness (QED) is 0.675. The van der Waals surface area contributed by atoms with Crippen molar-refractivity contribution >= 4 is 38.4 Å². The summed E-state index contributed by atoms with van der Waals surface area (Å²) < 4.78 is 36.6. The van der Waals surface area contributed by atoms with Crippen LogP contribution in [0.3, 0.4) is 0 Å². The highest BCUT2D eigenvalue weighted by molar-refractivity contribution is 14.1. The second-order valence-corrected chi connectivity index (χ2v) is 8.87. The highest BCUT2D eigenvalue weighted by Crippen LogP contribution is 2.30. The average molecular weight is 445 g/mol. The van der Waals surface area contributed by atoms with Gasteiger partial charge in [0, 0.05) is 18.5 Å². The first-order chi connectivity index (χ1) is 9.95. The summed E-state index contributed by atoms with van der Waals surface area (Å²) in [5, 5.41) is 9.29. The van der Waals surface area contributed by atoms with E-state index in [1.54, 1.807) is 29.5 Å². The van der Waals surface area contributed by atoms with Gasteiger partial charge in [0.2, 0.25) is 5.82 Å². The molecule has 0 fully saturated rings. The summed E-state index contributed by atoms with van der Waals surface area (Å²) >= 11 is 1.68. The van der Waals surface area contributed by atoms with Crippen LogP contribution in [0.1, 0.15) is 32.7 Å². The third kappa shape index (κ3) is 3.50. The van der Waals surface area contributed by atoms with Gasteiger partial charge in [0.15, 0.2) is 14.6 Å². The largest absolute Gasteiger partial charge is 0.480 e. The van der Waals surface area contributed by atoms with E-state index in [0.717, 1.165) is 17.7 Å². The summed E-state index contributed by atoms with van der Waals surface area (Å²) in [5.41, 5.74) is -0.889. The molecule has 0 amide bonds. The van der Waals surface area contributed by atoms with Crippen LogP contribution in [0.2, 0.25) is 0 Å². The molecule has 1 N–H and O–H groups in total. The van der Waals surface area contributed by atoms with E-state index in [0.29, 0.717) is 6.42 Å². The number of carboxylic acid groups (broad SMARTS) is 1. The second-order valence-electron chi connectivity index (χ2n) is 5.26. The Morgan fingerprint density at radius 1 is 1.55 bits per heavy atom. The second kappa shape index (κ2) is 6.65. The van der Waals surface area contributed by atoms with Gasteiger partial charge in [-0.1, -0.05) is 6.92 Å². The fourth-order valence-corrected chi connectivity index (χ4v) is 3.28. The molecular formula is C13H17FINO5S. The van der Waals surface area contributed by atoms with Gasteiger partial charge in [0.05, 0.1) is 3.57 Å². The van der Waals surface area contributed by atoms with Crippen LogP contribution >= 0.6 is 22.6 Å². The van der Waals surface area contributed by atoms with Crippen molar-refractivity contribution < 1.29 is 22.7 Å². The van der Waals surface area contributed by atoms with E-state index in [9.17, 15) is 27.5 Å². The molecule has 0 bridgehead atoms. The molecule has 9 heteroatoms. The van der Waals surface area contributed by atoms with E-state index in [2.05, 4.69) is 0 Å². The lowest BCUT2D eigenvalue weighted by molar-refractivity contribution is -0.140. The fourth-order valence-electron chi connectivity index (χ4n) is 2.08. The number of carboxylic acids is 1. The Labute approximate surface area is 141 Å². The molecule has 0 aromatic carbocycles. The number of nitrogens with zero attached hydrogens (tertiary/aromatic N) is 1. The molecule has 0 aliphatic rings. The molecule has 0 saturated carbocycles. The molecule has 1 rings (SSSR count). The molecular weight excluding hydrogens is 428 g/mol. The summed E-state index contributed by atoms with van der Waals surface area (Å²) in [4.78, 5) is 23.4. The van der Waals surface area contributed by atoms with Gasteiger partial charge in [-0.2, -0.15) is 4.39 Å². The fraction of sp³-hybridized carbons (Fsp3) is 0.538. The Morgan fingerprint density at radius 3 is 2.50 bits per heavy atom. The molecule has 1 heterocycles. The molecule has 0 saturated heterocycles. The Hall–Kier alpha value is -0.970. The van der Waals surface area contributed by atoms with Crippen LogP contribution in [-0.2, 0) is 14.6 Å². The van der Waals surface area contributed by atoms with Gasteiger partial charge in [0.25, 0.3) is 5.56 Å². The SMILES string of the molecule is CCC(C[C@](C)(C(=O)O)S(C)(=O)=O)n1ccc(I)c(F)c1=O. The van der Waals surface area contributed by atoms with E-state index < -0.39 is 38.0 Å². The summed E-state index contributed by atoms with van der Waals surface area (Å²) in [6, 6.07) is 0.647. The van der Waals surface area contributed by atoms with Gasteiger partial charge in [-0.3, -0.25) is 9.59 Å². The third-order valence-electron chi connectivity index (χ3n) is 3.77. The standard InChI is InChI=1S/C13H17FINO5S/c1-4-8(7-13(2,12(18)19)22(3,20)21)16-6-5-9(15)10(14)11(16)17/h5-6,8H,4,7H2,1-3H3,(H,18,19)/t8?,13-/m1/s1. The van der Waals surface area contributed by atoms with Crippen molar-refractivity contribution in [2.45, 2.75) is 37.5 Å². The zero-order valence-corrected chi connectivity index (χ0v) is 15.3. The van der Waals surface area contributed by atoms with Crippen molar-refractivity contribution in [3.05, 3.63) is 32.0 Å². The lowest BCUT2D eigenvalue weighted by Gasteiger charge is -2.28. The van der Waals surface area contributed by atoms with Crippen LogP contribution < -0.4 is 5.56 Å². The minimum Gasteiger partial charge on any atom is -0.480 e. The first kappa shape index (κ1) is 19.1. The third-order valence-corrected chi connectivity index (χ3v) is 6.59. The number of aliphatic carboxylic acids is 1. The normalized spacial score (nSPS) is 16.0. The maximum absolute atomic E-state index is 13.7. The lowest BCUT2D eigenvalue weighted by Crippen LogP contribution is -2.45. The molecule has 0 spiro atoms. The van der Waals surface area contributed by atoms with Gasteiger partial charge in [0.1, 0.15) is 0 Å².